The van der Waals surface area contributed by atoms with E-state index in [1.807, 2.05) is 0 Å². The van der Waals surface area contributed by atoms with E-state index in [9.17, 15) is 9.59 Å². The zero-order valence-corrected chi connectivity index (χ0v) is 12.1. The van der Waals surface area contributed by atoms with E-state index in [0.717, 1.165) is 42.2 Å². The number of hydrogen-bond donors (Lipinski definition) is 1. The zero-order valence-electron chi connectivity index (χ0n) is 12.1. The maximum Gasteiger partial charge on any atom is 0.339 e. The summed E-state index contributed by atoms with van der Waals surface area (Å²) in [5, 5.41) is 3.63. The Balaban J connectivity index is 2.36. The van der Waals surface area contributed by atoms with E-state index in [4.69, 9.17) is 9.15 Å². The summed E-state index contributed by atoms with van der Waals surface area (Å²) in [5.74, 6) is 0.380. The number of ether oxygens (including phenoxy) is 1. The molecular weight excluding hydrogens is 270 g/mol. The van der Waals surface area contributed by atoms with Gasteiger partial charge in [0.25, 0.3) is 0 Å². The molecule has 2 aromatic rings. The Hall–Kier alpha value is -2.30. The molecule has 110 valence electrons. The molecule has 0 spiro atoms. The van der Waals surface area contributed by atoms with Gasteiger partial charge in [0, 0.05) is 30.0 Å². The second kappa shape index (κ2) is 5.24. The van der Waals surface area contributed by atoms with Crippen LogP contribution < -0.4 is 15.7 Å². The molecule has 0 radical (unpaired) electrons. The molecule has 0 fully saturated rings. The number of anilines is 1. The molecule has 1 N–H and O–H groups in total. The van der Waals surface area contributed by atoms with E-state index in [1.165, 1.54) is 14.0 Å². The van der Waals surface area contributed by atoms with Gasteiger partial charge in [-0.05, 0) is 31.2 Å². The third kappa shape index (κ3) is 2.39. The Morgan fingerprint density at radius 1 is 1.24 bits per heavy atom. The topological polar surface area (TPSA) is 68.5 Å². The second-order valence-corrected chi connectivity index (χ2v) is 5.28. The van der Waals surface area contributed by atoms with Crippen molar-refractivity contribution in [2.75, 3.05) is 12.4 Å². The van der Waals surface area contributed by atoms with Crippen molar-refractivity contribution in [3.63, 3.8) is 0 Å². The molecule has 1 aliphatic carbocycles. The number of benzene rings is 1. The predicted molar refractivity (Wildman–Crippen MR) is 80.0 cm³/mol. The minimum absolute atomic E-state index is 0.166. The molecule has 1 aromatic heterocycles. The largest absolute Gasteiger partial charge is 0.497 e. The number of methoxy groups -OCH3 is 1. The molecule has 0 saturated heterocycles. The van der Waals surface area contributed by atoms with Crippen LogP contribution in [-0.4, -0.2) is 13.0 Å². The number of nitrogens with one attached hydrogen (secondary N) is 1. The van der Waals surface area contributed by atoms with Gasteiger partial charge in [-0.15, -0.1) is 0 Å². The average Bonchev–Trinajstić information content (AvgIpc) is 2.46. The third-order valence-corrected chi connectivity index (χ3v) is 3.84. The molecule has 1 aromatic carbocycles. The SMILES string of the molecule is COc1cc(NC(C)=O)c2c3c(c(=O)oc2c1)CCCC3. The van der Waals surface area contributed by atoms with Crippen LogP contribution >= 0.6 is 0 Å². The summed E-state index contributed by atoms with van der Waals surface area (Å²) in [4.78, 5) is 23.6. The molecule has 1 aliphatic rings. The van der Waals surface area contributed by atoms with Crippen LogP contribution in [0.15, 0.2) is 21.3 Å². The number of amides is 1. The Labute approximate surface area is 121 Å². The highest BCUT2D eigenvalue weighted by Crippen LogP contribution is 2.35. The van der Waals surface area contributed by atoms with Gasteiger partial charge in [-0.2, -0.15) is 0 Å². The lowest BCUT2D eigenvalue weighted by molar-refractivity contribution is -0.114. The van der Waals surface area contributed by atoms with Crippen LogP contribution in [0.25, 0.3) is 11.0 Å². The van der Waals surface area contributed by atoms with Crippen molar-refractivity contribution in [1.82, 2.24) is 0 Å². The Morgan fingerprint density at radius 2 is 1.95 bits per heavy atom. The first kappa shape index (κ1) is 13.7. The monoisotopic (exact) mass is 287 g/mol. The van der Waals surface area contributed by atoms with Crippen molar-refractivity contribution < 1.29 is 13.9 Å². The van der Waals surface area contributed by atoms with Crippen LogP contribution in [-0.2, 0) is 17.6 Å². The van der Waals surface area contributed by atoms with Gasteiger partial charge < -0.3 is 14.5 Å². The third-order valence-electron chi connectivity index (χ3n) is 3.84. The first-order valence-corrected chi connectivity index (χ1v) is 7.04. The summed E-state index contributed by atoms with van der Waals surface area (Å²) >= 11 is 0. The minimum Gasteiger partial charge on any atom is -0.497 e. The quantitative estimate of drug-likeness (QED) is 0.862. The molecule has 0 saturated carbocycles. The highest BCUT2D eigenvalue weighted by atomic mass is 16.5. The van der Waals surface area contributed by atoms with Crippen LogP contribution in [0.1, 0.15) is 30.9 Å². The highest BCUT2D eigenvalue weighted by molar-refractivity contribution is 6.02. The number of rotatable bonds is 2. The minimum atomic E-state index is -0.278. The first-order valence-electron chi connectivity index (χ1n) is 7.04. The van der Waals surface area contributed by atoms with Crippen molar-refractivity contribution in [3.05, 3.63) is 33.7 Å². The molecule has 21 heavy (non-hydrogen) atoms. The van der Waals surface area contributed by atoms with Gasteiger partial charge in [0.15, 0.2) is 0 Å². The molecule has 5 heteroatoms. The molecule has 0 bridgehead atoms. The zero-order chi connectivity index (χ0) is 15.0. The van der Waals surface area contributed by atoms with E-state index in [1.54, 1.807) is 12.1 Å². The van der Waals surface area contributed by atoms with Crippen molar-refractivity contribution in [1.29, 1.82) is 0 Å². The van der Waals surface area contributed by atoms with Gasteiger partial charge >= 0.3 is 5.63 Å². The summed E-state index contributed by atoms with van der Waals surface area (Å²) < 4.78 is 10.7. The lowest BCUT2D eigenvalue weighted by Gasteiger charge is -2.18. The van der Waals surface area contributed by atoms with E-state index >= 15 is 0 Å². The lowest BCUT2D eigenvalue weighted by atomic mass is 9.90. The van der Waals surface area contributed by atoms with E-state index in [2.05, 4.69) is 5.32 Å². The summed E-state index contributed by atoms with van der Waals surface area (Å²) in [7, 11) is 1.54. The molecule has 0 unspecified atom stereocenters. The van der Waals surface area contributed by atoms with Gasteiger partial charge in [0.2, 0.25) is 5.91 Å². The summed E-state index contributed by atoms with van der Waals surface area (Å²) in [6.45, 7) is 1.46. The summed E-state index contributed by atoms with van der Waals surface area (Å²) in [5.41, 5.74) is 2.56. The molecule has 0 aliphatic heterocycles. The maximum atomic E-state index is 12.1. The molecule has 1 amide bonds. The van der Waals surface area contributed by atoms with Crippen LogP contribution in [0.3, 0.4) is 0 Å². The lowest BCUT2D eigenvalue weighted by Crippen LogP contribution is -2.17. The van der Waals surface area contributed by atoms with Crippen molar-refractivity contribution in [2.45, 2.75) is 32.6 Å². The maximum absolute atomic E-state index is 12.1. The van der Waals surface area contributed by atoms with Crippen molar-refractivity contribution in [2.24, 2.45) is 0 Å². The standard InChI is InChI=1S/C16H17NO4/c1-9(18)17-13-7-10(20-2)8-14-15(13)11-5-3-4-6-12(11)16(19)21-14/h7-8H,3-6H2,1-2H3,(H,17,18). The highest BCUT2D eigenvalue weighted by Gasteiger charge is 2.21. The van der Waals surface area contributed by atoms with Gasteiger partial charge in [0.05, 0.1) is 12.8 Å². The fraction of sp³-hybridized carbons (Fsp3) is 0.375. The summed E-state index contributed by atoms with van der Waals surface area (Å²) in [6, 6.07) is 3.45. The Bertz CT molecular complexity index is 776. The smallest absolute Gasteiger partial charge is 0.339 e. The fourth-order valence-electron chi connectivity index (χ4n) is 2.96. The van der Waals surface area contributed by atoms with E-state index < -0.39 is 0 Å². The molecular formula is C16H17NO4. The van der Waals surface area contributed by atoms with E-state index in [0.29, 0.717) is 17.0 Å². The van der Waals surface area contributed by atoms with Crippen LogP contribution in [0.2, 0.25) is 0 Å². The number of hydrogen-bond acceptors (Lipinski definition) is 4. The molecule has 1 heterocycles. The van der Waals surface area contributed by atoms with Gasteiger partial charge in [-0.3, -0.25) is 4.79 Å². The van der Waals surface area contributed by atoms with Crippen molar-refractivity contribution in [3.8, 4) is 5.75 Å². The number of carbonyl (C=O) groups excluding carboxylic acids is 1. The van der Waals surface area contributed by atoms with Crippen LogP contribution in [0, 0.1) is 0 Å². The number of carbonyl (C=O) groups is 1. The van der Waals surface area contributed by atoms with Crippen molar-refractivity contribution >= 4 is 22.6 Å². The predicted octanol–water partition coefficient (Wildman–Crippen LogP) is 2.64. The molecule has 0 atom stereocenters. The van der Waals surface area contributed by atoms with Gasteiger partial charge in [-0.1, -0.05) is 0 Å². The Kier molecular flexibility index (Phi) is 3.41. The van der Waals surface area contributed by atoms with Gasteiger partial charge in [0.1, 0.15) is 11.3 Å². The first-order chi connectivity index (χ1) is 10.1. The summed E-state index contributed by atoms with van der Waals surface area (Å²) in [6.07, 6.45) is 3.60. The number of aryl methyl sites for hydroxylation is 1. The molecule has 5 nitrogen and oxygen atoms in total. The van der Waals surface area contributed by atoms with Crippen LogP contribution in [0.4, 0.5) is 5.69 Å². The molecule has 3 rings (SSSR count). The van der Waals surface area contributed by atoms with Gasteiger partial charge in [-0.25, -0.2) is 4.79 Å². The number of fused-ring (bicyclic) bond motifs is 3. The van der Waals surface area contributed by atoms with Crippen LogP contribution in [0.5, 0.6) is 5.75 Å². The Morgan fingerprint density at radius 3 is 2.62 bits per heavy atom. The van der Waals surface area contributed by atoms with E-state index in [-0.39, 0.29) is 11.5 Å². The average molecular weight is 287 g/mol. The normalized spacial score (nSPS) is 13.8. The fourth-order valence-corrected chi connectivity index (χ4v) is 2.96. The second-order valence-electron chi connectivity index (χ2n) is 5.28.